The van der Waals surface area contributed by atoms with Gasteiger partial charge in [0.05, 0.1) is 6.54 Å². The number of nitrogens with zero attached hydrogens (tertiary/aromatic N) is 2. The maximum Gasteiger partial charge on any atom is 0.191 e. The predicted octanol–water partition coefficient (Wildman–Crippen LogP) is 2.53. The Hall–Kier alpha value is -1.03. The largest absolute Gasteiger partial charge is 0.357 e. The van der Waals surface area contributed by atoms with Crippen molar-refractivity contribution in [2.24, 2.45) is 4.99 Å². The molecular formula is C17H32N4. The first-order valence-electron chi connectivity index (χ1n) is 8.70. The molecule has 0 spiro atoms. The number of hydrogen-bond acceptors (Lipinski definition) is 2. The molecule has 0 amide bonds. The molecule has 0 radical (unpaired) electrons. The van der Waals surface area contributed by atoms with E-state index in [9.17, 15) is 0 Å². The molecule has 2 rings (SSSR count). The lowest BCUT2D eigenvalue weighted by atomic mass is 9.97. The predicted molar refractivity (Wildman–Crippen MR) is 90.8 cm³/mol. The number of likely N-dealkylation sites (tertiary alicyclic amines) is 1. The van der Waals surface area contributed by atoms with E-state index in [0.29, 0.717) is 6.04 Å². The molecule has 0 bridgehead atoms. The minimum atomic E-state index is 0.626. The molecule has 0 aromatic heterocycles. The number of likely N-dealkylation sites (N-methyl/N-ethyl adjacent to an activating group) is 1. The molecule has 2 aliphatic rings. The fourth-order valence-electron chi connectivity index (χ4n) is 3.22. The maximum atomic E-state index is 4.76. The third kappa shape index (κ3) is 5.70. The van der Waals surface area contributed by atoms with Crippen LogP contribution in [0.1, 0.15) is 51.9 Å². The Morgan fingerprint density at radius 1 is 1.33 bits per heavy atom. The van der Waals surface area contributed by atoms with E-state index in [1.54, 1.807) is 5.57 Å². The summed E-state index contributed by atoms with van der Waals surface area (Å²) < 4.78 is 0. The molecule has 1 aliphatic carbocycles. The zero-order valence-electron chi connectivity index (χ0n) is 13.8. The maximum absolute atomic E-state index is 4.76. The molecule has 4 nitrogen and oxygen atoms in total. The number of hydrogen-bond donors (Lipinski definition) is 2. The lowest BCUT2D eigenvalue weighted by Crippen LogP contribution is -2.39. The molecule has 4 heteroatoms. The third-order valence-corrected chi connectivity index (χ3v) is 4.60. The molecule has 1 aliphatic heterocycles. The molecule has 0 saturated carbocycles. The van der Waals surface area contributed by atoms with Gasteiger partial charge in [-0.3, -0.25) is 4.99 Å². The van der Waals surface area contributed by atoms with Crippen molar-refractivity contribution in [3.05, 3.63) is 11.6 Å². The summed E-state index contributed by atoms with van der Waals surface area (Å²) >= 11 is 0. The highest BCUT2D eigenvalue weighted by atomic mass is 15.2. The lowest BCUT2D eigenvalue weighted by molar-refractivity contribution is 0.317. The van der Waals surface area contributed by atoms with Crippen molar-refractivity contribution in [2.45, 2.75) is 57.9 Å². The van der Waals surface area contributed by atoms with Gasteiger partial charge < -0.3 is 15.5 Å². The molecule has 1 atom stereocenters. The second-order valence-corrected chi connectivity index (χ2v) is 6.28. The van der Waals surface area contributed by atoms with Crippen molar-refractivity contribution < 1.29 is 0 Å². The molecular weight excluding hydrogens is 260 g/mol. The first kappa shape index (κ1) is 16.3. The zero-order valence-corrected chi connectivity index (χ0v) is 13.8. The summed E-state index contributed by atoms with van der Waals surface area (Å²) in [4.78, 5) is 7.19. The summed E-state index contributed by atoms with van der Waals surface area (Å²) in [6.45, 7) is 6.18. The second-order valence-electron chi connectivity index (χ2n) is 6.28. The Bertz CT molecular complexity index is 362. The second kappa shape index (κ2) is 9.08. The highest BCUT2D eigenvalue weighted by Crippen LogP contribution is 2.19. The minimum Gasteiger partial charge on any atom is -0.357 e. The summed E-state index contributed by atoms with van der Waals surface area (Å²) in [5.41, 5.74) is 1.63. The standard InChI is InChI=1S/C17H32N4/c1-3-18-17(20-14-16-10-7-13-21(16)2)19-12-11-15-8-5-4-6-9-15/h8,16H,3-7,9-14H2,1-2H3,(H2,18,19,20). The smallest absolute Gasteiger partial charge is 0.191 e. The molecule has 1 heterocycles. The van der Waals surface area contributed by atoms with Crippen LogP contribution in [0.25, 0.3) is 0 Å². The minimum absolute atomic E-state index is 0.626. The van der Waals surface area contributed by atoms with Crippen LogP contribution in [-0.2, 0) is 0 Å². The molecule has 120 valence electrons. The number of aliphatic imine (C=N–C) groups is 1. The fourth-order valence-corrected chi connectivity index (χ4v) is 3.22. The average molecular weight is 292 g/mol. The normalized spacial score (nSPS) is 24.0. The van der Waals surface area contributed by atoms with Crippen LogP contribution in [0.15, 0.2) is 16.6 Å². The van der Waals surface area contributed by atoms with Gasteiger partial charge in [0.25, 0.3) is 0 Å². The molecule has 1 fully saturated rings. The topological polar surface area (TPSA) is 39.7 Å². The van der Waals surface area contributed by atoms with Crippen LogP contribution in [0.3, 0.4) is 0 Å². The van der Waals surface area contributed by atoms with Gasteiger partial charge in [0.1, 0.15) is 0 Å². The van der Waals surface area contributed by atoms with E-state index in [1.165, 1.54) is 45.1 Å². The van der Waals surface area contributed by atoms with E-state index < -0.39 is 0 Å². The Balaban J connectivity index is 1.73. The molecule has 21 heavy (non-hydrogen) atoms. The summed E-state index contributed by atoms with van der Waals surface area (Å²) in [5.74, 6) is 0.981. The first-order valence-corrected chi connectivity index (χ1v) is 8.70. The van der Waals surface area contributed by atoms with Gasteiger partial charge in [-0.05, 0) is 65.5 Å². The van der Waals surface area contributed by atoms with Gasteiger partial charge in [0.2, 0.25) is 0 Å². The number of allylic oxidation sites excluding steroid dienone is 1. The highest BCUT2D eigenvalue weighted by Gasteiger charge is 2.20. The van der Waals surface area contributed by atoms with Gasteiger partial charge >= 0.3 is 0 Å². The van der Waals surface area contributed by atoms with Gasteiger partial charge in [0.15, 0.2) is 5.96 Å². The summed E-state index contributed by atoms with van der Waals surface area (Å²) in [5, 5.41) is 6.85. The van der Waals surface area contributed by atoms with Crippen LogP contribution < -0.4 is 10.6 Å². The van der Waals surface area contributed by atoms with Crippen LogP contribution in [0.4, 0.5) is 0 Å². The van der Waals surface area contributed by atoms with E-state index in [1.807, 2.05) is 0 Å². The quantitative estimate of drug-likeness (QED) is 0.449. The zero-order chi connectivity index (χ0) is 14.9. The summed E-state index contributed by atoms with van der Waals surface area (Å²) in [6, 6.07) is 0.626. The van der Waals surface area contributed by atoms with Gasteiger partial charge in [-0.25, -0.2) is 0 Å². The van der Waals surface area contributed by atoms with E-state index in [2.05, 4.69) is 35.6 Å². The average Bonchev–Trinajstić information content (AvgIpc) is 2.91. The fraction of sp³-hybridized carbons (Fsp3) is 0.824. The SMILES string of the molecule is CCNC(=NCC1CCCN1C)NCCC1=CCCCC1. The van der Waals surface area contributed by atoms with Crippen molar-refractivity contribution in [1.82, 2.24) is 15.5 Å². The Labute approximate surface area is 130 Å². The number of nitrogens with one attached hydrogen (secondary N) is 2. The third-order valence-electron chi connectivity index (χ3n) is 4.60. The number of rotatable bonds is 6. The van der Waals surface area contributed by atoms with Crippen LogP contribution in [-0.4, -0.2) is 50.1 Å². The van der Waals surface area contributed by atoms with Gasteiger partial charge in [-0.15, -0.1) is 0 Å². The van der Waals surface area contributed by atoms with Gasteiger partial charge in [0, 0.05) is 19.1 Å². The molecule has 1 saturated heterocycles. The molecule has 0 aromatic carbocycles. The van der Waals surface area contributed by atoms with E-state index in [0.717, 1.165) is 32.0 Å². The van der Waals surface area contributed by atoms with E-state index in [-0.39, 0.29) is 0 Å². The first-order chi connectivity index (χ1) is 10.3. The van der Waals surface area contributed by atoms with E-state index in [4.69, 9.17) is 4.99 Å². The lowest BCUT2D eigenvalue weighted by Gasteiger charge is -2.19. The van der Waals surface area contributed by atoms with Crippen molar-refractivity contribution in [1.29, 1.82) is 0 Å². The van der Waals surface area contributed by atoms with Crippen molar-refractivity contribution >= 4 is 5.96 Å². The van der Waals surface area contributed by atoms with Crippen LogP contribution in [0, 0.1) is 0 Å². The van der Waals surface area contributed by atoms with Gasteiger partial charge in [-0.2, -0.15) is 0 Å². The van der Waals surface area contributed by atoms with Crippen LogP contribution in [0.2, 0.25) is 0 Å². The van der Waals surface area contributed by atoms with Crippen molar-refractivity contribution in [3.8, 4) is 0 Å². The van der Waals surface area contributed by atoms with E-state index >= 15 is 0 Å². The summed E-state index contributed by atoms with van der Waals surface area (Å²) in [7, 11) is 2.21. The highest BCUT2D eigenvalue weighted by molar-refractivity contribution is 5.79. The van der Waals surface area contributed by atoms with Crippen molar-refractivity contribution in [3.63, 3.8) is 0 Å². The van der Waals surface area contributed by atoms with Crippen molar-refractivity contribution in [2.75, 3.05) is 33.2 Å². The Morgan fingerprint density at radius 3 is 2.90 bits per heavy atom. The molecule has 0 aromatic rings. The Morgan fingerprint density at radius 2 is 2.24 bits per heavy atom. The molecule has 2 N–H and O–H groups in total. The van der Waals surface area contributed by atoms with Crippen LogP contribution in [0.5, 0.6) is 0 Å². The van der Waals surface area contributed by atoms with Crippen LogP contribution >= 0.6 is 0 Å². The number of guanidine groups is 1. The van der Waals surface area contributed by atoms with Gasteiger partial charge in [-0.1, -0.05) is 11.6 Å². The summed E-state index contributed by atoms with van der Waals surface area (Å²) in [6.07, 6.45) is 11.5. The Kier molecular flexibility index (Phi) is 7.07. The molecule has 1 unspecified atom stereocenters. The monoisotopic (exact) mass is 292 g/mol.